The molecule has 4 unspecified atom stereocenters. The second-order valence-corrected chi connectivity index (χ2v) is 18.7. The Labute approximate surface area is 291 Å². The topological polar surface area (TPSA) is 36.9 Å². The van der Waals surface area contributed by atoms with Crippen LogP contribution >= 0.6 is 15.8 Å². The first-order chi connectivity index (χ1) is 23.4. The molecule has 0 aliphatic heterocycles. The third kappa shape index (κ3) is 7.41. The van der Waals surface area contributed by atoms with Crippen molar-refractivity contribution < 1.29 is 18.9 Å². The van der Waals surface area contributed by atoms with Gasteiger partial charge in [0, 0.05) is 0 Å². The van der Waals surface area contributed by atoms with E-state index in [4.69, 9.17) is 18.9 Å². The van der Waals surface area contributed by atoms with E-state index in [1.807, 2.05) is 0 Å². The summed E-state index contributed by atoms with van der Waals surface area (Å²) < 4.78 is 22.2. The van der Waals surface area contributed by atoms with E-state index in [0.29, 0.717) is 23.2 Å². The smallest absolute Gasteiger partial charge is 0.118 e. The second kappa shape index (κ2) is 16.1. The fourth-order valence-electron chi connectivity index (χ4n) is 8.89. The van der Waals surface area contributed by atoms with Crippen LogP contribution in [0.15, 0.2) is 97.1 Å². The van der Waals surface area contributed by atoms with Crippen molar-refractivity contribution in [2.24, 2.45) is 23.7 Å². The van der Waals surface area contributed by atoms with Crippen LogP contribution in [-0.2, 0) is 0 Å². The first-order valence-electron chi connectivity index (χ1n) is 17.6. The minimum Gasteiger partial charge on any atom is -0.497 e. The molecule has 2 fully saturated rings. The Bertz CT molecular complexity index is 1360. The Morgan fingerprint density at radius 3 is 0.896 bits per heavy atom. The zero-order valence-corrected chi connectivity index (χ0v) is 31.3. The molecule has 48 heavy (non-hydrogen) atoms. The fourth-order valence-corrected chi connectivity index (χ4v) is 14.8. The Hall–Kier alpha value is -3.06. The van der Waals surface area contributed by atoms with Crippen molar-refractivity contribution in [2.45, 2.75) is 63.7 Å². The van der Waals surface area contributed by atoms with Gasteiger partial charge in [0.1, 0.15) is 23.0 Å². The minimum atomic E-state index is -0.554. The van der Waals surface area contributed by atoms with Crippen LogP contribution in [0.4, 0.5) is 0 Å². The van der Waals surface area contributed by atoms with E-state index in [1.165, 1.54) is 59.7 Å². The number of ether oxygens (including phenoxy) is 4. The first kappa shape index (κ1) is 34.8. The molecule has 0 bridgehead atoms. The Morgan fingerprint density at radius 2 is 0.667 bits per heavy atom. The summed E-state index contributed by atoms with van der Waals surface area (Å²) in [6.45, 7) is 5.14. The third-order valence-electron chi connectivity index (χ3n) is 11.3. The molecule has 4 aromatic carbocycles. The lowest BCUT2D eigenvalue weighted by molar-refractivity contribution is 0.207. The maximum absolute atomic E-state index is 5.55. The van der Waals surface area contributed by atoms with Crippen molar-refractivity contribution in [2.75, 3.05) is 28.4 Å². The first-order valence-corrected chi connectivity index (χ1v) is 20.4. The summed E-state index contributed by atoms with van der Waals surface area (Å²) in [5.74, 6) is 6.63. The Morgan fingerprint density at radius 1 is 0.417 bits per heavy atom. The number of hydrogen-bond acceptors (Lipinski definition) is 4. The predicted molar refractivity (Wildman–Crippen MR) is 205 cm³/mol. The molecule has 0 spiro atoms. The van der Waals surface area contributed by atoms with Crippen LogP contribution in [-0.4, -0.2) is 39.8 Å². The van der Waals surface area contributed by atoms with E-state index in [1.54, 1.807) is 28.4 Å². The van der Waals surface area contributed by atoms with Gasteiger partial charge in [0.05, 0.1) is 28.4 Å². The lowest BCUT2D eigenvalue weighted by Crippen LogP contribution is -2.35. The van der Waals surface area contributed by atoms with Crippen LogP contribution < -0.4 is 40.2 Å². The van der Waals surface area contributed by atoms with Crippen molar-refractivity contribution in [3.63, 3.8) is 0 Å². The molecule has 6 heteroatoms. The zero-order valence-electron chi connectivity index (χ0n) is 29.5. The van der Waals surface area contributed by atoms with Gasteiger partial charge in [0.25, 0.3) is 0 Å². The van der Waals surface area contributed by atoms with Gasteiger partial charge in [-0.3, -0.25) is 0 Å². The van der Waals surface area contributed by atoms with Crippen molar-refractivity contribution in [1.29, 1.82) is 0 Å². The van der Waals surface area contributed by atoms with Crippen molar-refractivity contribution >= 4 is 37.1 Å². The molecule has 254 valence electrons. The molecule has 2 saturated carbocycles. The highest BCUT2D eigenvalue weighted by atomic mass is 31.1. The van der Waals surface area contributed by atoms with E-state index in [-0.39, 0.29) is 0 Å². The standard InChI is InChI=1S/C42H52O4P2/c1-29(47(35-21-13-31(43-3)14-22-35)36-23-15-32(44-4)16-24-36)39-9-7-11-41(39)42-12-8-10-40(42)30(2)48(37-25-17-33(45-5)18-26-37)38-27-19-34(46-6)20-28-38/h13-30,39-42H,7-12H2,1-6H3/t29-,30-,39?,40?,41?,42?/m0/s1. The summed E-state index contributed by atoms with van der Waals surface area (Å²) in [6, 6.07) is 35.6. The highest BCUT2D eigenvalue weighted by Crippen LogP contribution is 2.58. The molecule has 0 saturated heterocycles. The molecule has 2 aliphatic rings. The molecule has 4 nitrogen and oxygen atoms in total. The lowest BCUT2D eigenvalue weighted by Gasteiger charge is -2.40. The molecule has 0 amide bonds. The van der Waals surface area contributed by atoms with E-state index in [0.717, 1.165) is 34.8 Å². The molecule has 0 heterocycles. The maximum atomic E-state index is 5.55. The quantitative estimate of drug-likeness (QED) is 0.132. The molecule has 0 radical (unpaired) electrons. The van der Waals surface area contributed by atoms with Gasteiger partial charge in [-0.25, -0.2) is 0 Å². The molecular weight excluding hydrogens is 630 g/mol. The van der Waals surface area contributed by atoms with Crippen LogP contribution in [0.5, 0.6) is 23.0 Å². The molecule has 4 aromatic rings. The Kier molecular flexibility index (Phi) is 11.7. The van der Waals surface area contributed by atoms with Gasteiger partial charge in [-0.2, -0.15) is 0 Å². The summed E-state index contributed by atoms with van der Waals surface area (Å²) >= 11 is 0. The summed E-state index contributed by atoms with van der Waals surface area (Å²) in [5.41, 5.74) is 1.16. The zero-order chi connectivity index (χ0) is 33.6. The van der Waals surface area contributed by atoms with E-state index in [9.17, 15) is 0 Å². The van der Waals surface area contributed by atoms with Gasteiger partial charge in [-0.05, 0) is 146 Å². The van der Waals surface area contributed by atoms with Crippen LogP contribution in [0.2, 0.25) is 0 Å². The van der Waals surface area contributed by atoms with Gasteiger partial charge in [0.2, 0.25) is 0 Å². The predicted octanol–water partition coefficient (Wildman–Crippen LogP) is 8.90. The highest BCUT2D eigenvalue weighted by Gasteiger charge is 2.46. The molecule has 2 aliphatic carbocycles. The normalized spacial score (nSPS) is 22.1. The summed E-state index contributed by atoms with van der Waals surface area (Å²) in [6.07, 6.45) is 8.08. The SMILES string of the molecule is COc1ccc(P(c2ccc(OC)cc2)[C@@H](C)C2CCCC2C2CCCC2[C@H](C)P(c2ccc(OC)cc2)c2ccc(OC)cc2)cc1. The average Bonchev–Trinajstić information content (AvgIpc) is 3.83. The number of methoxy groups -OCH3 is 4. The van der Waals surface area contributed by atoms with Gasteiger partial charge >= 0.3 is 0 Å². The molecule has 0 aromatic heterocycles. The molecule has 0 N–H and O–H groups in total. The van der Waals surface area contributed by atoms with Crippen LogP contribution in [0, 0.1) is 23.7 Å². The van der Waals surface area contributed by atoms with E-state index >= 15 is 0 Å². The van der Waals surface area contributed by atoms with Gasteiger partial charge < -0.3 is 18.9 Å². The van der Waals surface area contributed by atoms with Crippen molar-refractivity contribution in [3.05, 3.63) is 97.1 Å². The number of benzene rings is 4. The fraction of sp³-hybridized carbons (Fsp3) is 0.429. The average molecular weight is 683 g/mol. The summed E-state index contributed by atoms with van der Waals surface area (Å²) in [5, 5.41) is 5.75. The summed E-state index contributed by atoms with van der Waals surface area (Å²) in [7, 11) is 5.90. The maximum Gasteiger partial charge on any atom is 0.118 e. The monoisotopic (exact) mass is 682 g/mol. The van der Waals surface area contributed by atoms with E-state index in [2.05, 4.69) is 111 Å². The Balaban J connectivity index is 1.31. The van der Waals surface area contributed by atoms with Crippen molar-refractivity contribution in [3.8, 4) is 23.0 Å². The van der Waals surface area contributed by atoms with Gasteiger partial charge in [0.15, 0.2) is 0 Å². The second-order valence-electron chi connectivity index (χ2n) is 13.5. The molecule has 6 rings (SSSR count). The molecular formula is C42H52O4P2. The van der Waals surface area contributed by atoms with Crippen LogP contribution in [0.25, 0.3) is 0 Å². The lowest BCUT2D eigenvalue weighted by atomic mass is 9.76. The number of hydrogen-bond donors (Lipinski definition) is 0. The number of rotatable bonds is 13. The van der Waals surface area contributed by atoms with Gasteiger partial charge in [-0.1, -0.05) is 75.2 Å². The van der Waals surface area contributed by atoms with E-state index < -0.39 is 15.8 Å². The van der Waals surface area contributed by atoms with Gasteiger partial charge in [-0.15, -0.1) is 0 Å². The minimum absolute atomic E-state index is 0.554. The van der Waals surface area contributed by atoms with Crippen LogP contribution in [0.3, 0.4) is 0 Å². The van der Waals surface area contributed by atoms with Crippen molar-refractivity contribution in [1.82, 2.24) is 0 Å². The van der Waals surface area contributed by atoms with Crippen LogP contribution in [0.1, 0.15) is 52.4 Å². The largest absolute Gasteiger partial charge is 0.497 e. The third-order valence-corrected chi connectivity index (χ3v) is 17.1. The molecule has 6 atom stereocenters. The summed E-state index contributed by atoms with van der Waals surface area (Å²) in [4.78, 5) is 0. The highest BCUT2D eigenvalue weighted by molar-refractivity contribution is 7.74.